The van der Waals surface area contributed by atoms with E-state index in [1.54, 1.807) is 19.5 Å². The van der Waals surface area contributed by atoms with Crippen molar-refractivity contribution in [1.29, 1.82) is 0 Å². The Morgan fingerprint density at radius 1 is 1.02 bits per heavy atom. The molecule has 1 saturated carbocycles. The molecule has 2 aromatic heterocycles. The molecule has 0 spiro atoms. The molecule has 1 fully saturated rings. The average molecular weight is 566 g/mol. The van der Waals surface area contributed by atoms with Crippen LogP contribution in [0.3, 0.4) is 0 Å². The summed E-state index contributed by atoms with van der Waals surface area (Å²) in [5.41, 5.74) is 2.71. The number of amides is 1. The normalized spacial score (nSPS) is 13.5. The van der Waals surface area contributed by atoms with Gasteiger partial charge in [-0.3, -0.25) is 9.78 Å². The van der Waals surface area contributed by atoms with Crippen LogP contribution in [0.5, 0.6) is 5.75 Å². The second kappa shape index (κ2) is 12.1. The van der Waals surface area contributed by atoms with Crippen LogP contribution >= 0.6 is 11.6 Å². The molecule has 1 aliphatic carbocycles. The summed E-state index contributed by atoms with van der Waals surface area (Å²) in [6.45, 7) is 1.05. The van der Waals surface area contributed by atoms with Crippen LogP contribution in [0.2, 0.25) is 5.02 Å². The molecule has 0 bridgehead atoms. The van der Waals surface area contributed by atoms with Gasteiger partial charge in [0, 0.05) is 36.1 Å². The molecule has 2 heterocycles. The topological polar surface area (TPSA) is 73.1 Å². The first-order chi connectivity index (χ1) is 20.1. The molecule has 1 aliphatic rings. The number of hydrogen-bond donors (Lipinski definition) is 0. The molecule has 0 N–H and O–H groups in total. The van der Waals surface area contributed by atoms with Crippen LogP contribution in [-0.2, 0) is 17.8 Å². The van der Waals surface area contributed by atoms with Crippen LogP contribution in [0, 0.1) is 0 Å². The third-order valence-corrected chi connectivity index (χ3v) is 8.16. The quantitative estimate of drug-likeness (QED) is 0.196. The van der Waals surface area contributed by atoms with Gasteiger partial charge in [-0.05, 0) is 59.5 Å². The van der Waals surface area contributed by atoms with Crippen LogP contribution in [0.15, 0.2) is 85.2 Å². The summed E-state index contributed by atoms with van der Waals surface area (Å²) in [5, 5.41) is 7.65. The number of carbonyl (C=O) groups excluding carboxylic acids is 1. The number of hydrogen-bond acceptors (Lipinski definition) is 5. The highest BCUT2D eigenvalue weighted by Gasteiger charge is 2.27. The molecule has 5 aromatic rings. The van der Waals surface area contributed by atoms with Gasteiger partial charge >= 0.3 is 0 Å². The van der Waals surface area contributed by atoms with Crippen molar-refractivity contribution in [2.24, 2.45) is 0 Å². The van der Waals surface area contributed by atoms with E-state index < -0.39 is 0 Å². The van der Waals surface area contributed by atoms with Crippen molar-refractivity contribution in [3.63, 3.8) is 0 Å². The zero-order chi connectivity index (χ0) is 28.2. The van der Waals surface area contributed by atoms with Gasteiger partial charge in [0.2, 0.25) is 5.91 Å². The van der Waals surface area contributed by atoms with Gasteiger partial charge in [0.25, 0.3) is 0 Å². The highest BCUT2D eigenvalue weighted by Crippen LogP contribution is 2.31. The largest absolute Gasteiger partial charge is 0.495 e. The van der Waals surface area contributed by atoms with Crippen LogP contribution in [0.4, 0.5) is 0 Å². The molecule has 0 saturated heterocycles. The maximum absolute atomic E-state index is 13.9. The number of halogens is 1. The molecule has 0 aliphatic heterocycles. The van der Waals surface area contributed by atoms with Gasteiger partial charge in [-0.1, -0.05) is 66.9 Å². The van der Waals surface area contributed by atoms with Gasteiger partial charge in [0.05, 0.1) is 25.1 Å². The first kappa shape index (κ1) is 27.0. The lowest BCUT2D eigenvalue weighted by molar-refractivity contribution is -0.132. The Kier molecular flexibility index (Phi) is 7.96. The summed E-state index contributed by atoms with van der Waals surface area (Å²) in [6.07, 6.45) is 8.20. The van der Waals surface area contributed by atoms with Crippen molar-refractivity contribution >= 4 is 28.3 Å². The lowest BCUT2D eigenvalue weighted by Crippen LogP contribution is -2.42. The number of ether oxygens (including phenoxy) is 1. The fraction of sp³-hybridized carbons (Fsp3) is 0.273. The Bertz CT molecular complexity index is 1660. The van der Waals surface area contributed by atoms with Crippen molar-refractivity contribution in [2.75, 3.05) is 13.7 Å². The second-order valence-electron chi connectivity index (χ2n) is 10.4. The van der Waals surface area contributed by atoms with E-state index in [4.69, 9.17) is 26.4 Å². The third kappa shape index (κ3) is 5.81. The van der Waals surface area contributed by atoms with E-state index in [-0.39, 0.29) is 11.9 Å². The van der Waals surface area contributed by atoms with Crippen LogP contribution in [-0.4, -0.2) is 50.3 Å². The van der Waals surface area contributed by atoms with E-state index in [0.29, 0.717) is 41.9 Å². The summed E-state index contributed by atoms with van der Waals surface area (Å²) in [4.78, 5) is 25.1. The van der Waals surface area contributed by atoms with E-state index >= 15 is 0 Å². The van der Waals surface area contributed by atoms with E-state index in [2.05, 4.69) is 34.1 Å². The zero-order valence-corrected chi connectivity index (χ0v) is 23.8. The Hall–Kier alpha value is -4.23. The Morgan fingerprint density at radius 3 is 2.63 bits per heavy atom. The first-order valence-electron chi connectivity index (χ1n) is 14.1. The summed E-state index contributed by atoms with van der Waals surface area (Å²) in [7, 11) is 1.59. The molecule has 208 valence electrons. The van der Waals surface area contributed by atoms with Gasteiger partial charge in [-0.15, -0.1) is 0 Å². The Morgan fingerprint density at radius 2 is 1.85 bits per heavy atom. The minimum Gasteiger partial charge on any atom is -0.495 e. The third-order valence-electron chi connectivity index (χ3n) is 7.86. The fourth-order valence-corrected chi connectivity index (χ4v) is 6.03. The van der Waals surface area contributed by atoms with Crippen molar-refractivity contribution in [3.05, 3.63) is 95.8 Å². The Labute approximate surface area is 244 Å². The predicted molar refractivity (Wildman–Crippen MR) is 162 cm³/mol. The standard InChI is InChI=1S/C33H32ClN5O2/c1-41-30-16-15-25(20-29(30)34)33-36-32(26-11-7-17-35-22-26)37-39(33)19-18-38(27-12-3-4-13-27)31(40)21-24-10-6-9-23-8-2-5-14-28(23)24/h2,5-11,14-17,20,22,27H,3-4,12-13,18-19,21H2,1H3. The highest BCUT2D eigenvalue weighted by molar-refractivity contribution is 6.32. The number of fused-ring (bicyclic) bond motifs is 1. The number of rotatable bonds is 9. The summed E-state index contributed by atoms with van der Waals surface area (Å²) in [5.74, 6) is 2.01. The molecule has 6 rings (SSSR count). The minimum atomic E-state index is 0.148. The minimum absolute atomic E-state index is 0.148. The lowest BCUT2D eigenvalue weighted by Gasteiger charge is -2.29. The number of pyridine rings is 1. The van der Waals surface area contributed by atoms with Crippen LogP contribution in [0.1, 0.15) is 31.2 Å². The van der Waals surface area contributed by atoms with E-state index in [9.17, 15) is 4.79 Å². The maximum atomic E-state index is 13.9. The Balaban J connectivity index is 1.30. The maximum Gasteiger partial charge on any atom is 0.227 e. The molecule has 0 radical (unpaired) electrons. The molecule has 0 unspecified atom stereocenters. The van der Waals surface area contributed by atoms with Gasteiger partial charge in [0.1, 0.15) is 5.75 Å². The predicted octanol–water partition coefficient (Wildman–Crippen LogP) is 6.84. The van der Waals surface area contributed by atoms with Gasteiger partial charge in [-0.2, -0.15) is 5.10 Å². The number of carbonyl (C=O) groups is 1. The number of benzene rings is 3. The number of methoxy groups -OCH3 is 1. The van der Waals surface area contributed by atoms with Crippen LogP contribution < -0.4 is 4.74 Å². The summed E-state index contributed by atoms with van der Waals surface area (Å²) >= 11 is 6.48. The summed E-state index contributed by atoms with van der Waals surface area (Å²) in [6, 6.07) is 24.1. The van der Waals surface area contributed by atoms with Crippen LogP contribution in [0.25, 0.3) is 33.5 Å². The zero-order valence-electron chi connectivity index (χ0n) is 23.0. The molecular formula is C33H32ClN5O2. The van der Waals surface area contributed by atoms with Crippen molar-refractivity contribution in [2.45, 2.75) is 44.7 Å². The first-order valence-corrected chi connectivity index (χ1v) is 14.4. The van der Waals surface area contributed by atoms with E-state index in [1.165, 1.54) is 0 Å². The molecule has 3 aromatic carbocycles. The highest BCUT2D eigenvalue weighted by atomic mass is 35.5. The SMILES string of the molecule is COc1ccc(-c2nc(-c3cccnc3)nn2CCN(C(=O)Cc2cccc3ccccc23)C2CCCC2)cc1Cl. The monoisotopic (exact) mass is 565 g/mol. The van der Waals surface area contributed by atoms with Gasteiger partial charge in [-0.25, -0.2) is 9.67 Å². The second-order valence-corrected chi connectivity index (χ2v) is 10.8. The number of aromatic nitrogens is 4. The molecule has 0 atom stereocenters. The smallest absolute Gasteiger partial charge is 0.227 e. The van der Waals surface area contributed by atoms with Crippen molar-refractivity contribution in [3.8, 4) is 28.5 Å². The number of nitrogens with zero attached hydrogens (tertiary/aromatic N) is 5. The van der Waals surface area contributed by atoms with E-state index in [0.717, 1.165) is 53.1 Å². The lowest BCUT2D eigenvalue weighted by atomic mass is 10.0. The van der Waals surface area contributed by atoms with Crippen molar-refractivity contribution < 1.29 is 9.53 Å². The van der Waals surface area contributed by atoms with Gasteiger partial charge < -0.3 is 9.64 Å². The average Bonchev–Trinajstić information content (AvgIpc) is 3.69. The summed E-state index contributed by atoms with van der Waals surface area (Å²) < 4.78 is 7.23. The molecule has 1 amide bonds. The van der Waals surface area contributed by atoms with Gasteiger partial charge in [0.15, 0.2) is 11.6 Å². The fourth-order valence-electron chi connectivity index (χ4n) is 5.77. The molecule has 7 nitrogen and oxygen atoms in total. The molecule has 8 heteroatoms. The molecular weight excluding hydrogens is 534 g/mol. The molecule has 41 heavy (non-hydrogen) atoms. The van der Waals surface area contributed by atoms with Crippen molar-refractivity contribution in [1.82, 2.24) is 24.6 Å². The van der Waals surface area contributed by atoms with E-state index in [1.807, 2.05) is 53.2 Å².